The minimum absolute atomic E-state index is 0.497. The van der Waals surface area contributed by atoms with Gasteiger partial charge >= 0.3 is 0 Å². The first-order valence-electron chi connectivity index (χ1n) is 7.93. The first-order valence-corrected chi connectivity index (χ1v) is 7.93. The Labute approximate surface area is 130 Å². The van der Waals surface area contributed by atoms with Crippen LogP contribution in [0.15, 0.2) is 35.3 Å². The summed E-state index contributed by atoms with van der Waals surface area (Å²) in [7, 11) is 0. The number of aliphatic imine (C=N–C) groups is 1. The molecule has 1 aromatic heterocycles. The van der Waals surface area contributed by atoms with Crippen molar-refractivity contribution in [1.29, 1.82) is 5.26 Å². The second kappa shape index (κ2) is 7.04. The fraction of sp³-hybridized carbons (Fsp3) is 0.389. The normalized spacial score (nSPS) is 16.0. The maximum atomic E-state index is 9.43. The van der Waals surface area contributed by atoms with Crippen molar-refractivity contribution in [3.63, 3.8) is 0 Å². The molecule has 0 atom stereocenters. The van der Waals surface area contributed by atoms with Gasteiger partial charge in [-0.25, -0.2) is 4.99 Å². The molecule has 0 saturated heterocycles. The number of hydrogen-bond donors (Lipinski definition) is 1. The Hall–Kier alpha value is -2.41. The van der Waals surface area contributed by atoms with Crippen molar-refractivity contribution in [3.05, 3.63) is 47.2 Å². The monoisotopic (exact) mass is 292 g/mol. The van der Waals surface area contributed by atoms with Crippen molar-refractivity contribution in [3.8, 4) is 6.07 Å². The Morgan fingerprint density at radius 2 is 2.00 bits per heavy atom. The highest BCUT2D eigenvalue weighted by Crippen LogP contribution is 2.29. The molecule has 112 valence electrons. The molecule has 0 unspecified atom stereocenters. The number of rotatable bonds is 4. The smallest absolute Gasteiger partial charge is 0.191 e. The van der Waals surface area contributed by atoms with Gasteiger partial charge in [-0.1, -0.05) is 62.4 Å². The van der Waals surface area contributed by atoms with Crippen LogP contribution >= 0.6 is 0 Å². The molecule has 0 bridgehead atoms. The number of benzene rings is 1. The molecule has 0 spiro atoms. The van der Waals surface area contributed by atoms with Crippen molar-refractivity contribution in [1.82, 2.24) is 10.2 Å². The molecule has 1 aliphatic rings. The summed E-state index contributed by atoms with van der Waals surface area (Å²) < 4.78 is 0. The van der Waals surface area contributed by atoms with Gasteiger partial charge in [0.15, 0.2) is 5.82 Å². The number of H-pyrrole nitrogens is 1. The molecule has 0 aliphatic heterocycles. The summed E-state index contributed by atoms with van der Waals surface area (Å²) >= 11 is 0. The van der Waals surface area contributed by atoms with Gasteiger partial charge in [-0.2, -0.15) is 10.4 Å². The molecule has 4 heteroatoms. The lowest BCUT2D eigenvalue weighted by Gasteiger charge is -2.20. The second-order valence-corrected chi connectivity index (χ2v) is 5.89. The fourth-order valence-electron chi connectivity index (χ4n) is 3.08. The molecule has 1 saturated carbocycles. The van der Waals surface area contributed by atoms with Crippen LogP contribution in [0.3, 0.4) is 0 Å². The molecular formula is C18H20N4. The lowest BCUT2D eigenvalue weighted by molar-refractivity contribution is 0.354. The average Bonchev–Trinajstić information content (AvgIpc) is 2.96. The number of hydrogen-bond acceptors (Lipinski definition) is 3. The summed E-state index contributed by atoms with van der Waals surface area (Å²) in [5, 5.41) is 16.7. The van der Waals surface area contributed by atoms with Gasteiger partial charge in [-0.05, 0) is 17.9 Å². The SMILES string of the molecule is N#Cc1c(N=Cc2ccccc2)n[nH]c1CC1CCCCC1. The third-order valence-electron chi connectivity index (χ3n) is 4.29. The topological polar surface area (TPSA) is 64.8 Å². The van der Waals surface area contributed by atoms with Gasteiger partial charge in [-0.15, -0.1) is 0 Å². The Morgan fingerprint density at radius 1 is 1.23 bits per heavy atom. The van der Waals surface area contributed by atoms with E-state index in [0.717, 1.165) is 17.7 Å². The van der Waals surface area contributed by atoms with Crippen LogP contribution in [0.5, 0.6) is 0 Å². The second-order valence-electron chi connectivity index (χ2n) is 5.89. The quantitative estimate of drug-likeness (QED) is 0.860. The number of nitriles is 1. The molecule has 1 aromatic carbocycles. The molecule has 1 N–H and O–H groups in total. The highest BCUT2D eigenvalue weighted by Gasteiger charge is 2.19. The van der Waals surface area contributed by atoms with Gasteiger partial charge < -0.3 is 0 Å². The number of aromatic amines is 1. The highest BCUT2D eigenvalue weighted by molar-refractivity contribution is 5.82. The van der Waals surface area contributed by atoms with Crippen LogP contribution in [0, 0.1) is 17.2 Å². The zero-order valence-corrected chi connectivity index (χ0v) is 12.6. The predicted molar refractivity (Wildman–Crippen MR) is 87.3 cm³/mol. The van der Waals surface area contributed by atoms with E-state index < -0.39 is 0 Å². The molecule has 0 amide bonds. The molecule has 1 fully saturated rings. The Kier molecular flexibility index (Phi) is 4.65. The molecule has 22 heavy (non-hydrogen) atoms. The van der Waals surface area contributed by atoms with Crippen molar-refractivity contribution < 1.29 is 0 Å². The van der Waals surface area contributed by atoms with Gasteiger partial charge in [0.1, 0.15) is 11.6 Å². The van der Waals surface area contributed by atoms with Crippen molar-refractivity contribution in [2.45, 2.75) is 38.5 Å². The van der Waals surface area contributed by atoms with E-state index in [-0.39, 0.29) is 0 Å². The zero-order chi connectivity index (χ0) is 15.2. The number of aromatic nitrogens is 2. The summed E-state index contributed by atoms with van der Waals surface area (Å²) in [4.78, 5) is 4.37. The van der Waals surface area contributed by atoms with Crippen LogP contribution in [0.25, 0.3) is 0 Å². The van der Waals surface area contributed by atoms with E-state index in [9.17, 15) is 5.26 Å². The van der Waals surface area contributed by atoms with E-state index in [1.165, 1.54) is 32.1 Å². The Balaban J connectivity index is 1.75. The number of nitrogens with one attached hydrogen (secondary N) is 1. The fourth-order valence-corrected chi connectivity index (χ4v) is 3.08. The average molecular weight is 292 g/mol. The third kappa shape index (κ3) is 3.43. The number of nitrogens with zero attached hydrogens (tertiary/aromatic N) is 3. The van der Waals surface area contributed by atoms with Gasteiger partial charge in [-0.3, -0.25) is 5.10 Å². The maximum absolute atomic E-state index is 9.43. The summed E-state index contributed by atoms with van der Waals surface area (Å²) in [6, 6.07) is 12.1. The van der Waals surface area contributed by atoms with Crippen molar-refractivity contribution >= 4 is 12.0 Å². The minimum Gasteiger partial charge on any atom is -0.279 e. The van der Waals surface area contributed by atoms with Crippen molar-refractivity contribution in [2.24, 2.45) is 10.9 Å². The minimum atomic E-state index is 0.497. The van der Waals surface area contributed by atoms with Crippen LogP contribution in [0.1, 0.15) is 48.9 Å². The maximum Gasteiger partial charge on any atom is 0.191 e. The predicted octanol–water partition coefficient (Wildman–Crippen LogP) is 4.15. The van der Waals surface area contributed by atoms with Crippen LogP contribution in [-0.4, -0.2) is 16.4 Å². The molecule has 4 nitrogen and oxygen atoms in total. The van der Waals surface area contributed by atoms with Gasteiger partial charge in [0.05, 0.1) is 5.69 Å². The lowest BCUT2D eigenvalue weighted by atomic mass is 9.85. The van der Waals surface area contributed by atoms with E-state index in [2.05, 4.69) is 21.3 Å². The van der Waals surface area contributed by atoms with E-state index in [1.54, 1.807) is 6.21 Å². The first-order chi connectivity index (χ1) is 10.9. The molecule has 1 heterocycles. The van der Waals surface area contributed by atoms with Crippen LogP contribution in [0.4, 0.5) is 5.82 Å². The first kappa shape index (κ1) is 14.5. The molecule has 1 aliphatic carbocycles. The largest absolute Gasteiger partial charge is 0.279 e. The van der Waals surface area contributed by atoms with E-state index >= 15 is 0 Å². The van der Waals surface area contributed by atoms with Gasteiger partial charge in [0.2, 0.25) is 0 Å². The van der Waals surface area contributed by atoms with Crippen molar-refractivity contribution in [2.75, 3.05) is 0 Å². The van der Waals surface area contributed by atoms with Crippen LogP contribution in [-0.2, 0) is 6.42 Å². The Morgan fingerprint density at radius 3 is 2.73 bits per heavy atom. The summed E-state index contributed by atoms with van der Waals surface area (Å²) in [6.45, 7) is 0. The van der Waals surface area contributed by atoms with E-state index in [4.69, 9.17) is 0 Å². The van der Waals surface area contributed by atoms with Gasteiger partial charge in [0, 0.05) is 6.21 Å². The summed E-state index contributed by atoms with van der Waals surface area (Å²) in [6.07, 6.45) is 9.13. The highest BCUT2D eigenvalue weighted by atomic mass is 15.2. The van der Waals surface area contributed by atoms with E-state index in [0.29, 0.717) is 17.3 Å². The molecule has 3 rings (SSSR count). The lowest BCUT2D eigenvalue weighted by Crippen LogP contribution is -2.10. The molecule has 0 radical (unpaired) electrons. The molecule has 2 aromatic rings. The standard InChI is InChI=1S/C18H20N4/c19-12-16-17(11-14-7-3-1-4-8-14)21-22-18(16)20-13-15-9-5-2-6-10-15/h2,5-6,9-10,13-14H,1,3-4,7-8,11H2,(H,21,22). The Bertz CT molecular complexity index is 673. The zero-order valence-electron chi connectivity index (χ0n) is 12.6. The summed E-state index contributed by atoms with van der Waals surface area (Å²) in [5.74, 6) is 1.17. The van der Waals surface area contributed by atoms with Crippen LogP contribution < -0.4 is 0 Å². The van der Waals surface area contributed by atoms with Crippen LogP contribution in [0.2, 0.25) is 0 Å². The third-order valence-corrected chi connectivity index (χ3v) is 4.29. The molecular weight excluding hydrogens is 272 g/mol. The van der Waals surface area contributed by atoms with Gasteiger partial charge in [0.25, 0.3) is 0 Å². The summed E-state index contributed by atoms with van der Waals surface area (Å²) in [5.41, 5.74) is 2.54. The van der Waals surface area contributed by atoms with E-state index in [1.807, 2.05) is 30.3 Å².